The van der Waals surface area contributed by atoms with Gasteiger partial charge in [0.1, 0.15) is 4.34 Å². The van der Waals surface area contributed by atoms with E-state index in [0.717, 1.165) is 17.4 Å². The fourth-order valence-electron chi connectivity index (χ4n) is 1.14. The quantitative estimate of drug-likeness (QED) is 0.854. The molecule has 0 aliphatic rings. The third kappa shape index (κ3) is 2.94. The summed E-state index contributed by atoms with van der Waals surface area (Å²) in [5.74, 6) is -1.02. The first-order chi connectivity index (χ1) is 8.06. The topological polar surface area (TPSA) is 42.0 Å². The summed E-state index contributed by atoms with van der Waals surface area (Å²) in [5, 5.41) is 2.54. The summed E-state index contributed by atoms with van der Waals surface area (Å²) in [6.07, 6.45) is 1.22. The first-order valence-corrected chi connectivity index (χ1v) is 6.01. The second-order valence-corrected chi connectivity index (χ2v) is 5.35. The minimum absolute atomic E-state index is 0.283. The van der Waals surface area contributed by atoms with Crippen molar-refractivity contribution in [1.29, 1.82) is 0 Å². The van der Waals surface area contributed by atoms with E-state index < -0.39 is 11.9 Å². The molecule has 2 aromatic rings. The van der Waals surface area contributed by atoms with Gasteiger partial charge in [0.05, 0.1) is 21.8 Å². The third-order valence-electron chi connectivity index (χ3n) is 1.89. The Morgan fingerprint density at radius 2 is 2.18 bits per heavy atom. The van der Waals surface area contributed by atoms with Crippen LogP contribution in [0.4, 0.5) is 10.1 Å². The van der Waals surface area contributed by atoms with E-state index in [-0.39, 0.29) is 5.56 Å². The molecule has 0 spiro atoms. The van der Waals surface area contributed by atoms with Crippen LogP contribution in [0.1, 0.15) is 10.4 Å². The van der Waals surface area contributed by atoms with Crippen molar-refractivity contribution in [2.45, 2.75) is 0 Å². The van der Waals surface area contributed by atoms with E-state index in [4.69, 9.17) is 23.2 Å². The van der Waals surface area contributed by atoms with Gasteiger partial charge >= 0.3 is 0 Å². The lowest BCUT2D eigenvalue weighted by Crippen LogP contribution is -2.11. The molecule has 0 bridgehead atoms. The number of carbonyl (C=O) groups is 1. The lowest BCUT2D eigenvalue weighted by molar-refractivity contribution is 0.102. The second kappa shape index (κ2) is 5.00. The standard InChI is InChI=1S/C10H5Cl2FN2OS/c11-7-3-6(9(12)17-7)10(16)15-5-1-2-8(13)14-4-5/h1-4H,(H,15,16). The van der Waals surface area contributed by atoms with Crippen LogP contribution in [0.25, 0.3) is 0 Å². The number of anilines is 1. The molecule has 88 valence electrons. The monoisotopic (exact) mass is 290 g/mol. The molecule has 0 saturated heterocycles. The molecule has 0 aliphatic heterocycles. The van der Waals surface area contributed by atoms with Gasteiger partial charge in [0.2, 0.25) is 5.95 Å². The zero-order chi connectivity index (χ0) is 12.4. The normalized spacial score (nSPS) is 10.3. The van der Waals surface area contributed by atoms with E-state index in [1.165, 1.54) is 18.3 Å². The van der Waals surface area contributed by atoms with Gasteiger partial charge in [0, 0.05) is 0 Å². The van der Waals surface area contributed by atoms with Crippen LogP contribution in [0, 0.1) is 5.95 Å². The third-order valence-corrected chi connectivity index (χ3v) is 3.37. The van der Waals surface area contributed by atoms with E-state index in [9.17, 15) is 9.18 Å². The van der Waals surface area contributed by atoms with Gasteiger partial charge in [-0.25, -0.2) is 4.98 Å². The number of carbonyl (C=O) groups excluding carboxylic acids is 1. The molecule has 17 heavy (non-hydrogen) atoms. The summed E-state index contributed by atoms with van der Waals surface area (Å²) in [5.41, 5.74) is 0.667. The van der Waals surface area contributed by atoms with Crippen LogP contribution >= 0.6 is 34.5 Å². The number of hydrogen-bond acceptors (Lipinski definition) is 3. The van der Waals surface area contributed by atoms with Crippen molar-refractivity contribution in [1.82, 2.24) is 4.98 Å². The highest BCUT2D eigenvalue weighted by molar-refractivity contribution is 7.20. The number of hydrogen-bond donors (Lipinski definition) is 1. The van der Waals surface area contributed by atoms with Crippen LogP contribution < -0.4 is 5.32 Å². The van der Waals surface area contributed by atoms with Crippen LogP contribution in [0.3, 0.4) is 0 Å². The van der Waals surface area contributed by atoms with Crippen LogP contribution in [0.2, 0.25) is 8.67 Å². The maximum absolute atomic E-state index is 12.6. The Balaban J connectivity index is 2.17. The molecular weight excluding hydrogens is 286 g/mol. The summed E-state index contributed by atoms with van der Waals surface area (Å²) in [6, 6.07) is 4.03. The lowest BCUT2D eigenvalue weighted by Gasteiger charge is -2.03. The first-order valence-electron chi connectivity index (χ1n) is 4.44. The minimum Gasteiger partial charge on any atom is -0.321 e. The number of thiophene rings is 1. The molecule has 1 N–H and O–H groups in total. The van der Waals surface area contributed by atoms with E-state index in [1.54, 1.807) is 0 Å². The maximum Gasteiger partial charge on any atom is 0.258 e. The molecule has 0 aliphatic carbocycles. The smallest absolute Gasteiger partial charge is 0.258 e. The van der Waals surface area contributed by atoms with Crippen molar-refractivity contribution < 1.29 is 9.18 Å². The molecule has 0 unspecified atom stereocenters. The number of halogens is 3. The lowest BCUT2D eigenvalue weighted by atomic mass is 10.3. The number of amides is 1. The molecule has 2 heterocycles. The van der Waals surface area contributed by atoms with Crippen LogP contribution in [-0.4, -0.2) is 10.9 Å². The molecule has 0 atom stereocenters. The highest BCUT2D eigenvalue weighted by atomic mass is 35.5. The van der Waals surface area contributed by atoms with Crippen LogP contribution in [0.5, 0.6) is 0 Å². The SMILES string of the molecule is O=C(Nc1ccc(F)nc1)c1cc(Cl)sc1Cl. The average Bonchev–Trinajstić information content (AvgIpc) is 2.61. The van der Waals surface area contributed by atoms with Crippen LogP contribution in [0.15, 0.2) is 24.4 Å². The molecule has 2 rings (SSSR count). The Bertz CT molecular complexity index is 556. The van der Waals surface area contributed by atoms with Gasteiger partial charge in [-0.3, -0.25) is 4.79 Å². The Labute approximate surface area is 110 Å². The van der Waals surface area contributed by atoms with E-state index in [1.807, 2.05) is 0 Å². The molecule has 0 fully saturated rings. The molecule has 0 aromatic carbocycles. The van der Waals surface area contributed by atoms with Gasteiger partial charge in [-0.05, 0) is 18.2 Å². The summed E-state index contributed by atoms with van der Waals surface area (Å²) in [4.78, 5) is 15.2. The fraction of sp³-hybridized carbons (Fsp3) is 0. The number of aromatic nitrogens is 1. The van der Waals surface area contributed by atoms with Gasteiger partial charge in [-0.2, -0.15) is 4.39 Å². The molecule has 2 aromatic heterocycles. The predicted octanol–water partition coefficient (Wildman–Crippen LogP) is 3.84. The summed E-state index contributed by atoms with van der Waals surface area (Å²) in [7, 11) is 0. The summed E-state index contributed by atoms with van der Waals surface area (Å²) >= 11 is 12.7. The van der Waals surface area contributed by atoms with Gasteiger partial charge in [-0.15, -0.1) is 11.3 Å². The van der Waals surface area contributed by atoms with Gasteiger partial charge in [0.25, 0.3) is 5.91 Å². The molecule has 3 nitrogen and oxygen atoms in total. The minimum atomic E-state index is -0.611. The second-order valence-electron chi connectivity index (χ2n) is 3.06. The van der Waals surface area contributed by atoms with Crippen molar-refractivity contribution in [3.8, 4) is 0 Å². The van der Waals surface area contributed by atoms with Gasteiger partial charge < -0.3 is 5.32 Å². The van der Waals surface area contributed by atoms with Crippen molar-refractivity contribution in [2.24, 2.45) is 0 Å². The number of nitrogens with zero attached hydrogens (tertiary/aromatic N) is 1. The maximum atomic E-state index is 12.6. The van der Waals surface area contributed by atoms with Gasteiger partial charge in [0.15, 0.2) is 0 Å². The first kappa shape index (κ1) is 12.3. The largest absolute Gasteiger partial charge is 0.321 e. The predicted molar refractivity (Wildman–Crippen MR) is 66.5 cm³/mol. The van der Waals surface area contributed by atoms with E-state index >= 15 is 0 Å². The molecule has 0 radical (unpaired) electrons. The zero-order valence-corrected chi connectivity index (χ0v) is 10.5. The summed E-state index contributed by atoms with van der Waals surface area (Å²) < 4.78 is 13.3. The number of nitrogens with one attached hydrogen (secondary N) is 1. The fourth-order valence-corrected chi connectivity index (χ4v) is 2.60. The van der Waals surface area contributed by atoms with E-state index in [0.29, 0.717) is 14.4 Å². The Hall–Kier alpha value is -1.17. The summed E-state index contributed by atoms with van der Waals surface area (Å²) in [6.45, 7) is 0. The average molecular weight is 291 g/mol. The van der Waals surface area contributed by atoms with Gasteiger partial charge in [-0.1, -0.05) is 23.2 Å². The number of pyridine rings is 1. The Morgan fingerprint density at radius 3 is 2.71 bits per heavy atom. The van der Waals surface area contributed by atoms with Crippen molar-refractivity contribution >= 4 is 46.1 Å². The van der Waals surface area contributed by atoms with Crippen molar-refractivity contribution in [3.05, 3.63) is 44.6 Å². The molecular formula is C10H5Cl2FN2OS. The molecule has 0 saturated carbocycles. The Kier molecular flexibility index (Phi) is 3.61. The Morgan fingerprint density at radius 1 is 1.41 bits per heavy atom. The highest BCUT2D eigenvalue weighted by Crippen LogP contribution is 2.31. The van der Waals surface area contributed by atoms with E-state index in [2.05, 4.69) is 10.3 Å². The molecule has 7 heteroatoms. The number of rotatable bonds is 2. The van der Waals surface area contributed by atoms with Crippen molar-refractivity contribution in [2.75, 3.05) is 5.32 Å². The van der Waals surface area contributed by atoms with Crippen molar-refractivity contribution in [3.63, 3.8) is 0 Å². The zero-order valence-electron chi connectivity index (χ0n) is 8.21. The molecule has 1 amide bonds. The highest BCUT2D eigenvalue weighted by Gasteiger charge is 2.14. The van der Waals surface area contributed by atoms with Crippen LogP contribution in [-0.2, 0) is 0 Å².